The van der Waals surface area contributed by atoms with Crippen LogP contribution in [0.25, 0.3) is 0 Å². The number of anilines is 1. The molecule has 180 valence electrons. The van der Waals surface area contributed by atoms with Gasteiger partial charge in [-0.1, -0.05) is 12.1 Å². The van der Waals surface area contributed by atoms with E-state index < -0.39 is 0 Å². The van der Waals surface area contributed by atoms with Crippen LogP contribution in [0.2, 0.25) is 0 Å². The second-order valence-electron chi connectivity index (χ2n) is 10.5. The average Bonchev–Trinajstić information content (AvgIpc) is 2.78. The lowest BCUT2D eigenvalue weighted by Crippen LogP contribution is -2.62. The number of nitrogens with zero attached hydrogens (tertiary/aromatic N) is 2. The maximum Gasteiger partial charge on any atom is 0.251 e. The first-order valence-electron chi connectivity index (χ1n) is 11.9. The molecule has 34 heavy (non-hydrogen) atoms. The van der Waals surface area contributed by atoms with Crippen LogP contribution in [0.5, 0.6) is 11.5 Å². The largest absolute Gasteiger partial charge is 0.454 e. The van der Waals surface area contributed by atoms with Crippen molar-refractivity contribution < 1.29 is 14.3 Å². The Morgan fingerprint density at radius 3 is 2.44 bits per heavy atom. The number of carbonyl (C=O) groups is 1. The number of hydrogen-bond acceptors (Lipinski definition) is 6. The minimum atomic E-state index is -0.0861. The van der Waals surface area contributed by atoms with Crippen LogP contribution >= 0.6 is 0 Å². The van der Waals surface area contributed by atoms with E-state index in [1.807, 2.05) is 24.3 Å². The quantitative estimate of drug-likeness (QED) is 0.692. The molecule has 0 aliphatic carbocycles. The molecule has 0 spiro atoms. The Hall–Kier alpha value is -3.08. The Bertz CT molecular complexity index is 1070. The van der Waals surface area contributed by atoms with Crippen molar-refractivity contribution in [3.8, 4) is 17.6 Å². The first kappa shape index (κ1) is 24.1. The molecule has 2 aromatic carbocycles. The second-order valence-corrected chi connectivity index (χ2v) is 10.5. The van der Waals surface area contributed by atoms with Crippen LogP contribution in [0, 0.1) is 11.3 Å². The lowest BCUT2D eigenvalue weighted by atomic mass is 9.79. The summed E-state index contributed by atoms with van der Waals surface area (Å²) in [5.41, 5.74) is 1.79. The van der Waals surface area contributed by atoms with Gasteiger partial charge in [-0.2, -0.15) is 5.26 Å². The van der Waals surface area contributed by atoms with Gasteiger partial charge in [-0.3, -0.25) is 4.79 Å². The van der Waals surface area contributed by atoms with Crippen molar-refractivity contribution in [1.29, 1.82) is 5.26 Å². The molecule has 0 bridgehead atoms. The zero-order valence-electron chi connectivity index (χ0n) is 20.5. The highest BCUT2D eigenvalue weighted by Crippen LogP contribution is 2.35. The molecule has 1 amide bonds. The summed E-state index contributed by atoms with van der Waals surface area (Å²) in [5, 5.41) is 16.4. The number of nitrogens with one attached hydrogen (secondary N) is 2. The van der Waals surface area contributed by atoms with Crippen LogP contribution in [0.15, 0.2) is 42.5 Å². The van der Waals surface area contributed by atoms with Gasteiger partial charge in [0.2, 0.25) is 0 Å². The summed E-state index contributed by atoms with van der Waals surface area (Å²) in [6.45, 7) is 11.3. The molecule has 0 radical (unpaired) electrons. The summed E-state index contributed by atoms with van der Waals surface area (Å²) in [5.74, 6) is 1.03. The van der Waals surface area contributed by atoms with Gasteiger partial charge in [0.05, 0.1) is 24.5 Å². The van der Waals surface area contributed by atoms with Gasteiger partial charge in [-0.15, -0.1) is 0 Å². The van der Waals surface area contributed by atoms with E-state index in [0.717, 1.165) is 18.5 Å². The fourth-order valence-electron chi connectivity index (χ4n) is 5.26. The molecule has 2 aromatic rings. The van der Waals surface area contributed by atoms with Gasteiger partial charge in [-0.25, -0.2) is 0 Å². The Morgan fingerprint density at radius 2 is 1.76 bits per heavy atom. The van der Waals surface area contributed by atoms with Gasteiger partial charge < -0.3 is 25.0 Å². The molecule has 2 aliphatic rings. The normalized spacial score (nSPS) is 19.8. The smallest absolute Gasteiger partial charge is 0.251 e. The number of para-hydroxylation sites is 1. The number of hydrogen-bond donors (Lipinski definition) is 2. The van der Waals surface area contributed by atoms with E-state index in [0.29, 0.717) is 48.9 Å². The van der Waals surface area contributed by atoms with Gasteiger partial charge in [0.1, 0.15) is 11.8 Å². The van der Waals surface area contributed by atoms with Crippen LogP contribution in [-0.4, -0.2) is 49.3 Å². The molecule has 2 saturated heterocycles. The van der Waals surface area contributed by atoms with Gasteiger partial charge in [0.15, 0.2) is 5.75 Å². The number of nitriles is 1. The molecule has 2 fully saturated rings. The Balaban J connectivity index is 1.60. The average molecular weight is 463 g/mol. The third-order valence-corrected chi connectivity index (χ3v) is 6.33. The number of piperidine rings is 1. The summed E-state index contributed by atoms with van der Waals surface area (Å²) >= 11 is 0. The maximum atomic E-state index is 13.3. The first-order valence-corrected chi connectivity index (χ1v) is 11.9. The molecular weight excluding hydrogens is 428 g/mol. The first-order chi connectivity index (χ1) is 16.2. The lowest BCUT2D eigenvalue weighted by molar-refractivity contribution is 0.0873. The highest BCUT2D eigenvalue weighted by Gasteiger charge is 2.38. The third-order valence-electron chi connectivity index (χ3n) is 6.33. The van der Waals surface area contributed by atoms with Gasteiger partial charge in [0, 0.05) is 35.8 Å². The summed E-state index contributed by atoms with van der Waals surface area (Å²) < 4.78 is 11.7. The molecule has 4 rings (SSSR count). The zero-order valence-corrected chi connectivity index (χ0v) is 20.5. The van der Waals surface area contributed by atoms with Gasteiger partial charge in [-0.05, 0) is 70.9 Å². The number of rotatable bonds is 5. The monoisotopic (exact) mass is 462 g/mol. The Kier molecular flexibility index (Phi) is 6.83. The minimum Gasteiger partial charge on any atom is -0.454 e. The number of morpholine rings is 1. The van der Waals surface area contributed by atoms with Crippen LogP contribution in [-0.2, 0) is 4.74 Å². The SMILES string of the molecule is CC1(C)CC(NC(=O)c2ccc(Oc3ccccc3C#N)c(N3CCOCC3)c2)CC(C)(C)N1. The molecule has 2 heterocycles. The Morgan fingerprint density at radius 1 is 1.09 bits per heavy atom. The van der Waals surface area contributed by atoms with E-state index in [9.17, 15) is 10.1 Å². The molecule has 2 N–H and O–H groups in total. The van der Waals surface area contributed by atoms with Crippen LogP contribution < -0.4 is 20.3 Å². The van der Waals surface area contributed by atoms with Crippen molar-refractivity contribution in [1.82, 2.24) is 10.6 Å². The van der Waals surface area contributed by atoms with Crippen molar-refractivity contribution in [2.75, 3.05) is 31.2 Å². The van der Waals surface area contributed by atoms with E-state index in [2.05, 4.69) is 49.3 Å². The van der Waals surface area contributed by atoms with Crippen LogP contribution in [0.4, 0.5) is 5.69 Å². The van der Waals surface area contributed by atoms with Crippen molar-refractivity contribution in [3.63, 3.8) is 0 Å². The summed E-state index contributed by atoms with van der Waals surface area (Å²) in [6.07, 6.45) is 1.73. The molecule has 0 atom stereocenters. The van der Waals surface area contributed by atoms with Crippen molar-refractivity contribution in [2.45, 2.75) is 57.7 Å². The number of ether oxygens (including phenoxy) is 2. The summed E-state index contributed by atoms with van der Waals surface area (Å²) in [4.78, 5) is 15.4. The molecule has 2 aliphatic heterocycles. The number of amides is 1. The molecule has 0 saturated carbocycles. The van der Waals surface area contributed by atoms with E-state index in [1.54, 1.807) is 18.2 Å². The van der Waals surface area contributed by atoms with Crippen LogP contribution in [0.1, 0.15) is 56.5 Å². The fraction of sp³-hybridized carbons (Fsp3) is 0.481. The predicted molar refractivity (Wildman–Crippen MR) is 132 cm³/mol. The van der Waals surface area contributed by atoms with E-state index >= 15 is 0 Å². The topological polar surface area (TPSA) is 86.6 Å². The molecule has 0 unspecified atom stereocenters. The van der Waals surface area contributed by atoms with Crippen molar-refractivity contribution in [3.05, 3.63) is 53.6 Å². The molecule has 0 aromatic heterocycles. The molecule has 7 heteroatoms. The second kappa shape index (κ2) is 9.65. The van der Waals surface area contributed by atoms with Crippen LogP contribution in [0.3, 0.4) is 0 Å². The highest BCUT2D eigenvalue weighted by atomic mass is 16.5. The maximum absolute atomic E-state index is 13.3. The van der Waals surface area contributed by atoms with Crippen molar-refractivity contribution in [2.24, 2.45) is 0 Å². The van der Waals surface area contributed by atoms with E-state index in [1.165, 1.54) is 0 Å². The predicted octanol–water partition coefficient (Wildman–Crippen LogP) is 4.23. The zero-order chi connectivity index (χ0) is 24.3. The van der Waals surface area contributed by atoms with E-state index in [-0.39, 0.29) is 23.0 Å². The lowest BCUT2D eigenvalue weighted by Gasteiger charge is -2.46. The van der Waals surface area contributed by atoms with Crippen molar-refractivity contribution >= 4 is 11.6 Å². The van der Waals surface area contributed by atoms with Gasteiger partial charge >= 0.3 is 0 Å². The minimum absolute atomic E-state index is 0.0511. The number of carbonyl (C=O) groups excluding carboxylic acids is 1. The Labute approximate surface area is 202 Å². The third kappa shape index (κ3) is 5.69. The summed E-state index contributed by atoms with van der Waals surface area (Å²) in [6, 6.07) is 14.9. The fourth-order valence-corrected chi connectivity index (χ4v) is 5.26. The highest BCUT2D eigenvalue weighted by molar-refractivity contribution is 5.96. The molecular formula is C27H34N4O3. The van der Waals surface area contributed by atoms with E-state index in [4.69, 9.17) is 9.47 Å². The number of benzene rings is 2. The standard InChI is InChI=1S/C27H34N4O3/c1-26(2)16-21(17-27(3,4)30-26)29-25(32)19-9-10-24(22(15-19)31-11-13-33-14-12-31)34-23-8-6-5-7-20(23)18-28/h5-10,15,21,30H,11-14,16-17H2,1-4H3,(H,29,32). The van der Waals surface area contributed by atoms with Gasteiger partial charge in [0.25, 0.3) is 5.91 Å². The molecule has 7 nitrogen and oxygen atoms in total. The summed E-state index contributed by atoms with van der Waals surface area (Å²) in [7, 11) is 0.